The molecule has 2 rings (SSSR count). The van der Waals surface area contributed by atoms with Crippen molar-refractivity contribution < 1.29 is 9.31 Å². The van der Waals surface area contributed by atoms with E-state index in [1.54, 1.807) is 6.20 Å². The van der Waals surface area contributed by atoms with Crippen molar-refractivity contribution in [1.82, 2.24) is 10.2 Å². The van der Waals surface area contributed by atoms with E-state index in [9.17, 15) is 0 Å². The molecule has 0 spiro atoms. The molecule has 15 heavy (non-hydrogen) atoms. The number of nitrogens with one attached hydrogen (secondary N) is 1. The van der Waals surface area contributed by atoms with E-state index >= 15 is 0 Å². The predicted octanol–water partition coefficient (Wildman–Crippen LogP) is 0.291. The molecule has 3 N–H and O–H groups in total. The molecule has 1 aliphatic heterocycles. The van der Waals surface area contributed by atoms with Crippen LogP contribution in [0.2, 0.25) is 0 Å². The molecule has 0 bridgehead atoms. The van der Waals surface area contributed by atoms with Crippen LogP contribution in [0.1, 0.15) is 27.7 Å². The molecule has 1 saturated heterocycles. The lowest BCUT2D eigenvalue weighted by atomic mass is 9.81. The number of hydrogen-bond acceptors (Lipinski definition) is 4. The average Bonchev–Trinajstić information content (AvgIpc) is 2.55. The summed E-state index contributed by atoms with van der Waals surface area (Å²) < 4.78 is 11.7. The molecule has 0 aromatic carbocycles. The van der Waals surface area contributed by atoms with Crippen molar-refractivity contribution in [3.05, 3.63) is 6.20 Å². The van der Waals surface area contributed by atoms with Gasteiger partial charge in [0.25, 0.3) is 0 Å². The Labute approximate surface area is 89.5 Å². The predicted molar refractivity (Wildman–Crippen MR) is 58.7 cm³/mol. The number of aromatic amines is 1. The van der Waals surface area contributed by atoms with Gasteiger partial charge in [0.15, 0.2) is 0 Å². The molecule has 6 heteroatoms. The number of nitrogen functional groups attached to an aromatic ring is 1. The van der Waals surface area contributed by atoms with Crippen LogP contribution in [0.15, 0.2) is 6.20 Å². The van der Waals surface area contributed by atoms with Gasteiger partial charge >= 0.3 is 7.12 Å². The first-order valence-electron chi connectivity index (χ1n) is 4.98. The monoisotopic (exact) mass is 209 g/mol. The van der Waals surface area contributed by atoms with Crippen LogP contribution in [-0.2, 0) is 9.31 Å². The topological polar surface area (TPSA) is 73.2 Å². The van der Waals surface area contributed by atoms with E-state index in [0.717, 1.165) is 5.46 Å². The summed E-state index contributed by atoms with van der Waals surface area (Å²) in [6.07, 6.45) is 1.71. The van der Waals surface area contributed by atoms with E-state index in [0.29, 0.717) is 5.82 Å². The fraction of sp³-hybridized carbons (Fsp3) is 0.667. The summed E-state index contributed by atoms with van der Waals surface area (Å²) in [5, 5.41) is 6.54. The summed E-state index contributed by atoms with van der Waals surface area (Å²) in [5.41, 5.74) is 5.76. The largest absolute Gasteiger partial charge is 0.500 e. The number of hydrogen-bond donors (Lipinski definition) is 2. The van der Waals surface area contributed by atoms with Crippen molar-refractivity contribution in [2.24, 2.45) is 0 Å². The Hall–Kier alpha value is -1.01. The van der Waals surface area contributed by atoms with Crippen LogP contribution in [0.4, 0.5) is 5.82 Å². The molecule has 1 aromatic heterocycles. The molecule has 1 aliphatic rings. The molecule has 82 valence electrons. The van der Waals surface area contributed by atoms with Gasteiger partial charge in [-0.05, 0) is 27.7 Å². The van der Waals surface area contributed by atoms with Gasteiger partial charge in [0.2, 0.25) is 0 Å². The second kappa shape index (κ2) is 2.99. The smallest absolute Gasteiger partial charge is 0.399 e. The van der Waals surface area contributed by atoms with E-state index < -0.39 is 7.12 Å². The highest BCUT2D eigenvalue weighted by atomic mass is 16.7. The molecule has 1 aromatic rings. The minimum Gasteiger partial charge on any atom is -0.399 e. The summed E-state index contributed by atoms with van der Waals surface area (Å²) in [6, 6.07) is 0. The van der Waals surface area contributed by atoms with E-state index in [1.165, 1.54) is 0 Å². The van der Waals surface area contributed by atoms with Crippen LogP contribution in [0.3, 0.4) is 0 Å². The van der Waals surface area contributed by atoms with Gasteiger partial charge in [0.1, 0.15) is 5.82 Å². The molecule has 5 nitrogen and oxygen atoms in total. The molecular formula is C9H16BN3O2. The van der Waals surface area contributed by atoms with Gasteiger partial charge in [0.05, 0.1) is 11.2 Å². The lowest BCUT2D eigenvalue weighted by molar-refractivity contribution is 0.00578. The zero-order valence-electron chi connectivity index (χ0n) is 9.50. The Bertz CT molecular complexity index is 359. The lowest BCUT2D eigenvalue weighted by Gasteiger charge is -2.32. The summed E-state index contributed by atoms with van der Waals surface area (Å²) in [5.74, 6) is 0.425. The van der Waals surface area contributed by atoms with Crippen LogP contribution in [0, 0.1) is 0 Å². The van der Waals surface area contributed by atoms with Crippen LogP contribution in [0.5, 0.6) is 0 Å². The van der Waals surface area contributed by atoms with Crippen LogP contribution in [-0.4, -0.2) is 28.5 Å². The van der Waals surface area contributed by atoms with Crippen LogP contribution >= 0.6 is 0 Å². The maximum atomic E-state index is 5.83. The number of rotatable bonds is 1. The minimum atomic E-state index is -0.436. The molecule has 2 heterocycles. The highest BCUT2D eigenvalue weighted by Gasteiger charge is 2.52. The van der Waals surface area contributed by atoms with E-state index in [2.05, 4.69) is 10.2 Å². The number of H-pyrrole nitrogens is 1. The average molecular weight is 209 g/mol. The summed E-state index contributed by atoms with van der Waals surface area (Å²) in [7, 11) is -0.436. The lowest BCUT2D eigenvalue weighted by Crippen LogP contribution is -2.41. The first kappa shape index (κ1) is 10.5. The van der Waals surface area contributed by atoms with Crippen molar-refractivity contribution in [2.45, 2.75) is 38.9 Å². The molecule has 0 amide bonds. The van der Waals surface area contributed by atoms with Crippen molar-refractivity contribution in [1.29, 1.82) is 0 Å². The van der Waals surface area contributed by atoms with Crippen LogP contribution < -0.4 is 11.2 Å². The third-order valence-corrected chi connectivity index (χ3v) is 3.21. The van der Waals surface area contributed by atoms with Crippen molar-refractivity contribution in [2.75, 3.05) is 5.73 Å². The first-order chi connectivity index (χ1) is 6.83. The Balaban J connectivity index is 2.27. The Kier molecular flexibility index (Phi) is 2.10. The van der Waals surface area contributed by atoms with E-state index in [4.69, 9.17) is 15.0 Å². The van der Waals surface area contributed by atoms with Gasteiger partial charge in [-0.3, -0.25) is 5.10 Å². The zero-order valence-corrected chi connectivity index (χ0v) is 9.50. The highest BCUT2D eigenvalue weighted by molar-refractivity contribution is 6.63. The zero-order chi connectivity index (χ0) is 11.3. The van der Waals surface area contributed by atoms with Gasteiger partial charge in [-0.25, -0.2) is 0 Å². The molecule has 0 radical (unpaired) electrons. The highest BCUT2D eigenvalue weighted by Crippen LogP contribution is 2.36. The van der Waals surface area contributed by atoms with Gasteiger partial charge < -0.3 is 15.0 Å². The second-order valence-electron chi connectivity index (χ2n) is 4.81. The molecule has 0 aliphatic carbocycles. The maximum absolute atomic E-state index is 5.83. The van der Waals surface area contributed by atoms with Crippen molar-refractivity contribution >= 4 is 18.4 Å². The van der Waals surface area contributed by atoms with Gasteiger partial charge in [-0.15, -0.1) is 0 Å². The second-order valence-corrected chi connectivity index (χ2v) is 4.81. The Morgan fingerprint density at radius 3 is 2.20 bits per heavy atom. The normalized spacial score (nSPS) is 23.3. The number of anilines is 1. The fourth-order valence-corrected chi connectivity index (χ4v) is 1.47. The fourth-order valence-electron chi connectivity index (χ4n) is 1.47. The third-order valence-electron chi connectivity index (χ3n) is 3.21. The number of nitrogens with zero attached hydrogens (tertiary/aromatic N) is 1. The van der Waals surface area contributed by atoms with Crippen molar-refractivity contribution in [3.63, 3.8) is 0 Å². The molecule has 0 atom stereocenters. The summed E-state index contributed by atoms with van der Waals surface area (Å²) in [4.78, 5) is 0. The third kappa shape index (κ3) is 1.53. The first-order valence-corrected chi connectivity index (χ1v) is 4.98. The molecule has 1 fully saturated rings. The van der Waals surface area contributed by atoms with Crippen molar-refractivity contribution in [3.8, 4) is 0 Å². The molecular weight excluding hydrogens is 193 g/mol. The van der Waals surface area contributed by atoms with Gasteiger partial charge in [-0.1, -0.05) is 0 Å². The Morgan fingerprint density at radius 1 is 1.27 bits per heavy atom. The Morgan fingerprint density at radius 2 is 1.80 bits per heavy atom. The van der Waals surface area contributed by atoms with Gasteiger partial charge in [-0.2, -0.15) is 5.10 Å². The summed E-state index contributed by atoms with van der Waals surface area (Å²) >= 11 is 0. The van der Waals surface area contributed by atoms with Gasteiger partial charge in [0, 0.05) is 11.7 Å². The standard InChI is InChI=1S/C9H16BN3O2/c1-8(2)9(3,4)15-10(14-8)6-5-12-13-7(6)11/h5H,1-4H3,(H3,11,12,13). The summed E-state index contributed by atoms with van der Waals surface area (Å²) in [6.45, 7) is 8.01. The number of nitrogens with two attached hydrogens (primary N) is 1. The number of aromatic nitrogens is 2. The molecule has 0 unspecified atom stereocenters. The minimum absolute atomic E-state index is 0.346. The SMILES string of the molecule is CC1(C)OB(c2c[nH]nc2N)OC1(C)C. The van der Waals surface area contributed by atoms with Crippen LogP contribution in [0.25, 0.3) is 0 Å². The quantitative estimate of drug-likeness (QED) is 0.652. The maximum Gasteiger partial charge on any atom is 0.500 e. The molecule has 0 saturated carbocycles. The van der Waals surface area contributed by atoms with E-state index in [-0.39, 0.29) is 11.2 Å². The van der Waals surface area contributed by atoms with E-state index in [1.807, 2.05) is 27.7 Å².